The summed E-state index contributed by atoms with van der Waals surface area (Å²) in [6.45, 7) is 2.01. The van der Waals surface area contributed by atoms with E-state index in [0.717, 1.165) is 0 Å². The van der Waals surface area contributed by atoms with E-state index in [1.807, 2.05) is 6.92 Å². The molecule has 0 saturated heterocycles. The SMILES string of the molecule is CCC(O)Oc1c[c]cc2c1OCO2. The zero-order valence-electron chi connectivity index (χ0n) is 7.82. The molecule has 0 amide bonds. The molecule has 0 saturated carbocycles. The summed E-state index contributed by atoms with van der Waals surface area (Å²) < 4.78 is 15.6. The zero-order chi connectivity index (χ0) is 9.97. The molecule has 0 bridgehead atoms. The van der Waals surface area contributed by atoms with E-state index in [4.69, 9.17) is 14.2 Å². The summed E-state index contributed by atoms with van der Waals surface area (Å²) in [5.41, 5.74) is 0. The van der Waals surface area contributed by atoms with Crippen LogP contribution in [0.25, 0.3) is 0 Å². The molecule has 1 aliphatic rings. The van der Waals surface area contributed by atoms with Crippen LogP contribution in [0.5, 0.6) is 17.2 Å². The molecule has 0 aromatic heterocycles. The first-order valence-corrected chi connectivity index (χ1v) is 4.45. The Morgan fingerprint density at radius 3 is 3.21 bits per heavy atom. The highest BCUT2D eigenvalue weighted by atomic mass is 16.7. The van der Waals surface area contributed by atoms with Crippen molar-refractivity contribution in [1.82, 2.24) is 0 Å². The summed E-state index contributed by atoms with van der Waals surface area (Å²) in [5.74, 6) is 1.61. The predicted molar refractivity (Wildman–Crippen MR) is 48.3 cm³/mol. The maximum atomic E-state index is 9.31. The minimum atomic E-state index is -0.820. The molecule has 0 spiro atoms. The highest BCUT2D eigenvalue weighted by molar-refractivity contribution is 5.52. The third kappa shape index (κ3) is 1.61. The maximum Gasteiger partial charge on any atom is 0.231 e. The van der Waals surface area contributed by atoms with Gasteiger partial charge in [-0.25, -0.2) is 0 Å². The van der Waals surface area contributed by atoms with Crippen molar-refractivity contribution in [3.8, 4) is 17.2 Å². The van der Waals surface area contributed by atoms with Crippen LogP contribution in [0.4, 0.5) is 0 Å². The van der Waals surface area contributed by atoms with E-state index in [1.54, 1.807) is 12.1 Å². The third-order valence-corrected chi connectivity index (χ3v) is 1.91. The van der Waals surface area contributed by atoms with Crippen LogP contribution >= 0.6 is 0 Å². The van der Waals surface area contributed by atoms with Gasteiger partial charge in [0.05, 0.1) is 0 Å². The van der Waals surface area contributed by atoms with E-state index in [1.165, 1.54) is 0 Å². The van der Waals surface area contributed by atoms with Gasteiger partial charge < -0.3 is 19.3 Å². The molecule has 14 heavy (non-hydrogen) atoms. The smallest absolute Gasteiger partial charge is 0.231 e. The molecule has 4 heteroatoms. The lowest BCUT2D eigenvalue weighted by molar-refractivity contribution is -0.0208. The van der Waals surface area contributed by atoms with Crippen LogP contribution < -0.4 is 14.2 Å². The monoisotopic (exact) mass is 195 g/mol. The highest BCUT2D eigenvalue weighted by Gasteiger charge is 2.19. The molecule has 4 nitrogen and oxygen atoms in total. The van der Waals surface area contributed by atoms with E-state index >= 15 is 0 Å². The first-order chi connectivity index (χ1) is 6.81. The van der Waals surface area contributed by atoms with Crippen molar-refractivity contribution in [3.63, 3.8) is 0 Å². The summed E-state index contributed by atoms with van der Waals surface area (Å²) >= 11 is 0. The van der Waals surface area contributed by atoms with Crippen molar-refractivity contribution in [3.05, 3.63) is 18.2 Å². The Morgan fingerprint density at radius 2 is 2.43 bits per heavy atom. The standard InChI is InChI=1S/C10H11O4/c1-2-9(11)14-8-5-3-4-7-10(8)13-6-12-7/h4-5,9,11H,2,6H2,1H3. The van der Waals surface area contributed by atoms with E-state index in [0.29, 0.717) is 23.7 Å². The van der Waals surface area contributed by atoms with Gasteiger partial charge in [-0.2, -0.15) is 0 Å². The fourth-order valence-corrected chi connectivity index (χ4v) is 1.16. The first kappa shape index (κ1) is 9.15. The van der Waals surface area contributed by atoms with Crippen molar-refractivity contribution in [2.75, 3.05) is 6.79 Å². The lowest BCUT2D eigenvalue weighted by atomic mass is 10.3. The molecule has 1 radical (unpaired) electrons. The minimum absolute atomic E-state index is 0.186. The highest BCUT2D eigenvalue weighted by Crippen LogP contribution is 2.40. The second kappa shape index (κ2) is 3.75. The van der Waals surface area contributed by atoms with Gasteiger partial charge in [-0.05, 0) is 18.2 Å². The molecule has 1 aromatic rings. The Labute approximate surface area is 82.0 Å². The molecule has 0 aliphatic carbocycles. The molecule has 1 unspecified atom stereocenters. The summed E-state index contributed by atoms with van der Waals surface area (Å²) in [6.07, 6.45) is -0.302. The molecule has 1 heterocycles. The molecular weight excluding hydrogens is 184 g/mol. The second-order valence-electron chi connectivity index (χ2n) is 2.90. The average molecular weight is 195 g/mol. The Hall–Kier alpha value is -1.42. The van der Waals surface area contributed by atoms with E-state index in [-0.39, 0.29) is 6.79 Å². The van der Waals surface area contributed by atoms with Gasteiger partial charge in [0.15, 0.2) is 17.8 Å². The van der Waals surface area contributed by atoms with Gasteiger partial charge in [-0.1, -0.05) is 6.92 Å². The summed E-state index contributed by atoms with van der Waals surface area (Å²) in [6, 6.07) is 6.14. The number of hydrogen-bond acceptors (Lipinski definition) is 4. The predicted octanol–water partition coefficient (Wildman–Crippen LogP) is 1.32. The number of benzene rings is 1. The number of rotatable bonds is 3. The van der Waals surface area contributed by atoms with E-state index in [9.17, 15) is 5.11 Å². The lowest BCUT2D eigenvalue weighted by Crippen LogP contribution is -2.13. The van der Waals surface area contributed by atoms with Crippen LogP contribution in [0.15, 0.2) is 12.1 Å². The van der Waals surface area contributed by atoms with Crippen molar-refractivity contribution in [2.45, 2.75) is 19.6 Å². The van der Waals surface area contributed by atoms with E-state index < -0.39 is 6.29 Å². The van der Waals surface area contributed by atoms with Gasteiger partial charge in [0.25, 0.3) is 0 Å². The number of aliphatic hydroxyl groups is 1. The molecule has 2 rings (SSSR count). The fourth-order valence-electron chi connectivity index (χ4n) is 1.16. The summed E-state index contributed by atoms with van der Waals surface area (Å²) in [4.78, 5) is 0. The lowest BCUT2D eigenvalue weighted by Gasteiger charge is -2.12. The molecule has 1 aromatic carbocycles. The maximum absolute atomic E-state index is 9.31. The summed E-state index contributed by atoms with van der Waals surface area (Å²) in [7, 11) is 0. The zero-order valence-corrected chi connectivity index (χ0v) is 7.82. The molecule has 0 fully saturated rings. The Balaban J connectivity index is 2.22. The largest absolute Gasteiger partial charge is 0.461 e. The van der Waals surface area contributed by atoms with Gasteiger partial charge >= 0.3 is 0 Å². The van der Waals surface area contributed by atoms with Crippen LogP contribution in [0.1, 0.15) is 13.3 Å². The van der Waals surface area contributed by atoms with Gasteiger partial charge in [0, 0.05) is 6.42 Å². The first-order valence-electron chi connectivity index (χ1n) is 4.45. The Bertz CT molecular complexity index is 324. The quantitative estimate of drug-likeness (QED) is 0.739. The topological polar surface area (TPSA) is 47.9 Å². The number of fused-ring (bicyclic) bond motifs is 1. The van der Waals surface area contributed by atoms with Gasteiger partial charge in [-0.15, -0.1) is 0 Å². The van der Waals surface area contributed by atoms with Gasteiger partial charge in [-0.3, -0.25) is 0 Å². The van der Waals surface area contributed by atoms with Crippen LogP contribution in [0.3, 0.4) is 0 Å². The average Bonchev–Trinajstić information content (AvgIpc) is 2.66. The second-order valence-corrected chi connectivity index (χ2v) is 2.90. The Kier molecular flexibility index (Phi) is 2.45. The normalized spacial score (nSPS) is 15.3. The Morgan fingerprint density at radius 1 is 1.57 bits per heavy atom. The van der Waals surface area contributed by atoms with Gasteiger partial charge in [0.1, 0.15) is 0 Å². The van der Waals surface area contributed by atoms with Crippen molar-refractivity contribution < 1.29 is 19.3 Å². The number of aliphatic hydroxyl groups excluding tert-OH is 1. The van der Waals surface area contributed by atoms with Crippen molar-refractivity contribution in [1.29, 1.82) is 0 Å². The van der Waals surface area contributed by atoms with Crippen molar-refractivity contribution >= 4 is 0 Å². The van der Waals surface area contributed by atoms with Crippen LogP contribution in [-0.2, 0) is 0 Å². The fraction of sp³-hybridized carbons (Fsp3) is 0.400. The summed E-state index contributed by atoms with van der Waals surface area (Å²) in [5, 5.41) is 9.31. The number of ether oxygens (including phenoxy) is 3. The minimum Gasteiger partial charge on any atom is -0.461 e. The molecule has 1 aliphatic heterocycles. The molecule has 1 atom stereocenters. The van der Waals surface area contributed by atoms with Crippen LogP contribution in [0, 0.1) is 6.07 Å². The number of hydrogen-bond donors (Lipinski definition) is 1. The third-order valence-electron chi connectivity index (χ3n) is 1.91. The van der Waals surface area contributed by atoms with Crippen LogP contribution in [-0.4, -0.2) is 18.2 Å². The molecule has 1 N–H and O–H groups in total. The molecule has 75 valence electrons. The molecular formula is C10H11O4. The van der Waals surface area contributed by atoms with Crippen LogP contribution in [0.2, 0.25) is 0 Å². The van der Waals surface area contributed by atoms with Crippen molar-refractivity contribution in [2.24, 2.45) is 0 Å². The van der Waals surface area contributed by atoms with Gasteiger partial charge in [0.2, 0.25) is 12.5 Å². The van der Waals surface area contributed by atoms with E-state index in [2.05, 4.69) is 6.07 Å².